The average molecular weight is 373 g/mol. The van der Waals surface area contributed by atoms with Crippen LogP contribution in [0.4, 0.5) is 17.2 Å². The van der Waals surface area contributed by atoms with Crippen LogP contribution in [0.2, 0.25) is 5.02 Å². The van der Waals surface area contributed by atoms with Crippen molar-refractivity contribution in [3.8, 4) is 0 Å². The highest BCUT2D eigenvalue weighted by atomic mass is 79.9. The molecule has 1 aromatic carbocycles. The lowest BCUT2D eigenvalue weighted by Gasteiger charge is -2.08. The molecule has 0 saturated heterocycles. The Hall–Kier alpha value is -2.19. The van der Waals surface area contributed by atoms with E-state index >= 15 is 0 Å². The zero-order chi connectivity index (χ0) is 15.6. The van der Waals surface area contributed by atoms with Gasteiger partial charge in [-0.3, -0.25) is 10.1 Å². The molecule has 0 aliphatic rings. The highest BCUT2D eigenvalue weighted by Crippen LogP contribution is 2.29. The lowest BCUT2D eigenvalue weighted by molar-refractivity contribution is -0.385. The molecule has 0 aliphatic heterocycles. The summed E-state index contributed by atoms with van der Waals surface area (Å²) < 4.78 is 0.398. The van der Waals surface area contributed by atoms with Gasteiger partial charge in [0.15, 0.2) is 0 Å². The third kappa shape index (κ3) is 3.47. The number of carboxylic acids is 1. The molecule has 2 N–H and O–H groups in total. The number of aromatic carboxylic acids is 1. The van der Waals surface area contributed by atoms with Crippen molar-refractivity contribution in [3.05, 3.63) is 55.6 Å². The minimum atomic E-state index is -1.12. The van der Waals surface area contributed by atoms with Gasteiger partial charge in [-0.15, -0.1) is 0 Å². The predicted molar refractivity (Wildman–Crippen MR) is 80.3 cm³/mol. The Labute approximate surface area is 131 Å². The van der Waals surface area contributed by atoms with Crippen molar-refractivity contribution in [2.45, 2.75) is 0 Å². The highest BCUT2D eigenvalue weighted by molar-refractivity contribution is 9.10. The Balaban J connectivity index is 2.28. The van der Waals surface area contributed by atoms with Crippen LogP contribution in [0.1, 0.15) is 10.4 Å². The number of anilines is 2. The Morgan fingerprint density at radius 3 is 2.67 bits per heavy atom. The number of nitro groups is 1. The minimum absolute atomic E-state index is 0.0158. The molecule has 9 heteroatoms. The minimum Gasteiger partial charge on any atom is -0.478 e. The number of halogens is 2. The van der Waals surface area contributed by atoms with Crippen LogP contribution in [0.25, 0.3) is 0 Å². The third-order valence-corrected chi connectivity index (χ3v) is 3.42. The number of carboxylic acid groups (broad SMARTS) is 1. The summed E-state index contributed by atoms with van der Waals surface area (Å²) in [6.07, 6.45) is 1.11. The summed E-state index contributed by atoms with van der Waals surface area (Å²) in [4.78, 5) is 24.8. The Bertz CT molecular complexity index is 738. The summed E-state index contributed by atoms with van der Waals surface area (Å²) in [5, 5.41) is 22.5. The van der Waals surface area contributed by atoms with E-state index in [1.807, 2.05) is 0 Å². The fourth-order valence-electron chi connectivity index (χ4n) is 1.52. The normalized spacial score (nSPS) is 10.2. The maximum absolute atomic E-state index is 10.9. The molecule has 1 heterocycles. The van der Waals surface area contributed by atoms with E-state index in [0.717, 1.165) is 6.20 Å². The van der Waals surface area contributed by atoms with E-state index < -0.39 is 10.9 Å². The first-order chi connectivity index (χ1) is 9.88. The largest absolute Gasteiger partial charge is 0.478 e. The van der Waals surface area contributed by atoms with E-state index in [-0.39, 0.29) is 16.3 Å². The zero-order valence-corrected chi connectivity index (χ0v) is 12.6. The van der Waals surface area contributed by atoms with Gasteiger partial charge in [-0.1, -0.05) is 11.6 Å². The third-order valence-electron chi connectivity index (χ3n) is 2.50. The van der Waals surface area contributed by atoms with Crippen molar-refractivity contribution in [2.75, 3.05) is 5.32 Å². The van der Waals surface area contributed by atoms with Crippen LogP contribution in [0, 0.1) is 10.1 Å². The van der Waals surface area contributed by atoms with Crippen LogP contribution < -0.4 is 5.32 Å². The Morgan fingerprint density at radius 1 is 1.43 bits per heavy atom. The van der Waals surface area contributed by atoms with Crippen LogP contribution in [0.3, 0.4) is 0 Å². The molecule has 0 spiro atoms. The van der Waals surface area contributed by atoms with E-state index in [1.165, 1.54) is 24.3 Å². The number of pyridine rings is 1. The molecule has 7 nitrogen and oxygen atoms in total. The van der Waals surface area contributed by atoms with Crippen molar-refractivity contribution in [1.82, 2.24) is 4.98 Å². The second kappa shape index (κ2) is 6.06. The van der Waals surface area contributed by atoms with E-state index in [1.54, 1.807) is 0 Å². The van der Waals surface area contributed by atoms with Gasteiger partial charge < -0.3 is 10.4 Å². The summed E-state index contributed by atoms with van der Waals surface area (Å²) in [5.74, 6) is -0.777. The molecule has 0 bridgehead atoms. The second-order valence-corrected chi connectivity index (χ2v) is 5.17. The van der Waals surface area contributed by atoms with Crippen LogP contribution in [0.15, 0.2) is 34.9 Å². The molecule has 0 amide bonds. The molecule has 0 unspecified atom stereocenters. The Kier molecular flexibility index (Phi) is 4.39. The van der Waals surface area contributed by atoms with Gasteiger partial charge in [0.2, 0.25) is 0 Å². The number of hydrogen-bond donors (Lipinski definition) is 2. The van der Waals surface area contributed by atoms with Crippen molar-refractivity contribution >= 4 is 50.7 Å². The maximum Gasteiger partial charge on any atom is 0.337 e. The number of carbonyl (C=O) groups is 1. The van der Waals surface area contributed by atoms with Crippen LogP contribution in [-0.2, 0) is 0 Å². The van der Waals surface area contributed by atoms with Crippen LogP contribution in [-0.4, -0.2) is 21.0 Å². The first kappa shape index (κ1) is 15.2. The molecule has 0 radical (unpaired) electrons. The van der Waals surface area contributed by atoms with Gasteiger partial charge in [-0.05, 0) is 34.1 Å². The average Bonchev–Trinajstić information content (AvgIpc) is 2.40. The van der Waals surface area contributed by atoms with Crippen LogP contribution in [0.5, 0.6) is 0 Å². The highest BCUT2D eigenvalue weighted by Gasteiger charge is 2.12. The van der Waals surface area contributed by atoms with Gasteiger partial charge in [0.05, 0.1) is 20.0 Å². The number of hydrogen-bond acceptors (Lipinski definition) is 5. The lowest BCUT2D eigenvalue weighted by atomic mass is 10.2. The SMILES string of the molecule is O=C(O)c1ccc(Nc2ncc([N+](=O)[O-])cc2Br)cc1Cl. The van der Waals surface area contributed by atoms with Gasteiger partial charge in [0, 0.05) is 11.8 Å². The number of benzene rings is 1. The number of rotatable bonds is 4. The van der Waals surface area contributed by atoms with Gasteiger partial charge in [0.1, 0.15) is 12.0 Å². The van der Waals surface area contributed by atoms with Gasteiger partial charge in [-0.25, -0.2) is 9.78 Å². The fourth-order valence-corrected chi connectivity index (χ4v) is 2.22. The van der Waals surface area contributed by atoms with Crippen molar-refractivity contribution in [1.29, 1.82) is 0 Å². The molecule has 2 aromatic rings. The molecule has 1 aromatic heterocycles. The number of aromatic nitrogens is 1. The second-order valence-electron chi connectivity index (χ2n) is 3.91. The van der Waals surface area contributed by atoms with Crippen molar-refractivity contribution in [2.24, 2.45) is 0 Å². The van der Waals surface area contributed by atoms with Crippen LogP contribution >= 0.6 is 27.5 Å². The number of nitrogens with zero attached hydrogens (tertiary/aromatic N) is 2. The van der Waals surface area contributed by atoms with Crippen molar-refractivity contribution < 1.29 is 14.8 Å². The van der Waals surface area contributed by atoms with Gasteiger partial charge >= 0.3 is 5.97 Å². The molecule has 0 saturated carbocycles. The first-order valence-corrected chi connectivity index (χ1v) is 6.65. The molecule has 0 aliphatic carbocycles. The molecular weight excluding hydrogens is 366 g/mol. The Morgan fingerprint density at radius 2 is 2.14 bits per heavy atom. The quantitative estimate of drug-likeness (QED) is 0.624. The molecule has 0 fully saturated rings. The maximum atomic E-state index is 10.9. The van der Waals surface area contributed by atoms with Gasteiger partial charge in [0.25, 0.3) is 5.69 Å². The molecular formula is C12H7BrClN3O4. The summed E-state index contributed by atoms with van der Waals surface area (Å²) >= 11 is 9.03. The van der Waals surface area contributed by atoms with E-state index in [0.29, 0.717) is 16.0 Å². The molecule has 0 atom stereocenters. The topological polar surface area (TPSA) is 105 Å². The first-order valence-electron chi connectivity index (χ1n) is 5.48. The monoisotopic (exact) mass is 371 g/mol. The van der Waals surface area contributed by atoms with Gasteiger partial charge in [-0.2, -0.15) is 0 Å². The van der Waals surface area contributed by atoms with E-state index in [4.69, 9.17) is 16.7 Å². The van der Waals surface area contributed by atoms with Crippen molar-refractivity contribution in [3.63, 3.8) is 0 Å². The smallest absolute Gasteiger partial charge is 0.337 e. The zero-order valence-electron chi connectivity index (χ0n) is 10.2. The van der Waals surface area contributed by atoms with E-state index in [9.17, 15) is 14.9 Å². The summed E-state index contributed by atoms with van der Waals surface area (Å²) in [6.45, 7) is 0. The summed E-state index contributed by atoms with van der Waals surface area (Å²) in [5.41, 5.74) is 0.344. The number of nitrogens with one attached hydrogen (secondary N) is 1. The summed E-state index contributed by atoms with van der Waals surface area (Å²) in [7, 11) is 0. The predicted octanol–water partition coefficient (Wildman–Crippen LogP) is 3.85. The molecule has 108 valence electrons. The lowest BCUT2D eigenvalue weighted by Crippen LogP contribution is -2.00. The fraction of sp³-hybridized carbons (Fsp3) is 0. The summed E-state index contributed by atoms with van der Waals surface area (Å²) in [6, 6.07) is 5.61. The molecule has 21 heavy (non-hydrogen) atoms. The molecule has 2 rings (SSSR count). The van der Waals surface area contributed by atoms with E-state index in [2.05, 4.69) is 26.2 Å². The standard InChI is InChI=1S/C12H7BrClN3O4/c13-9-4-7(17(20)21)5-15-11(9)16-6-1-2-8(12(18)19)10(14)3-6/h1-5H,(H,15,16)(H,18,19).